The molecule has 1 saturated heterocycles. The summed E-state index contributed by atoms with van der Waals surface area (Å²) in [7, 11) is 0. The minimum atomic E-state index is -0.711. The van der Waals surface area contributed by atoms with Gasteiger partial charge >= 0.3 is 23.9 Å². The molecular weight excluding hydrogens is 711 g/mol. The molecule has 306 valence electrons. The zero-order chi connectivity index (χ0) is 40.9. The predicted octanol–water partition coefficient (Wildman–Crippen LogP) is 4.94. The van der Waals surface area contributed by atoms with E-state index in [9.17, 15) is 19.2 Å². The number of hydrogen-bond acceptors (Lipinski definition) is 14. The van der Waals surface area contributed by atoms with E-state index in [-0.39, 0.29) is 43.5 Å². The molecule has 0 spiro atoms. The van der Waals surface area contributed by atoms with Gasteiger partial charge in [-0.1, -0.05) is 12.1 Å². The molecule has 1 aliphatic heterocycles. The lowest BCUT2D eigenvalue weighted by Gasteiger charge is -2.37. The van der Waals surface area contributed by atoms with Gasteiger partial charge in [-0.3, -0.25) is 38.8 Å². The van der Waals surface area contributed by atoms with Gasteiger partial charge in [0.05, 0.1) is 25.3 Å². The van der Waals surface area contributed by atoms with Crippen molar-refractivity contribution >= 4 is 42.0 Å². The molecule has 1 atom stereocenters. The molecule has 0 amide bonds. The smallest absolute Gasteiger partial charge is 0.323 e. The third kappa shape index (κ3) is 20.6. The fourth-order valence-corrected chi connectivity index (χ4v) is 5.98. The molecule has 0 N–H and O–H groups in total. The molecule has 1 aromatic carbocycles. The van der Waals surface area contributed by atoms with Crippen molar-refractivity contribution in [3.63, 3.8) is 0 Å². The van der Waals surface area contributed by atoms with Crippen molar-refractivity contribution in [3.05, 3.63) is 29.8 Å². The summed E-state index contributed by atoms with van der Waals surface area (Å²) in [5, 5.41) is 0. The molecule has 1 unspecified atom stereocenters. The summed E-state index contributed by atoms with van der Waals surface area (Å²) in [4.78, 5) is 61.4. The van der Waals surface area contributed by atoms with E-state index >= 15 is 0 Å². The van der Waals surface area contributed by atoms with E-state index in [0.29, 0.717) is 70.9 Å². The Morgan fingerprint density at radius 3 is 1.22 bits per heavy atom. The third-order valence-corrected chi connectivity index (χ3v) is 8.27. The van der Waals surface area contributed by atoms with Crippen molar-refractivity contribution in [2.75, 3.05) is 72.0 Å². The Morgan fingerprint density at radius 2 is 0.907 bits per heavy atom. The molecule has 1 aliphatic rings. The van der Waals surface area contributed by atoms with Crippen LogP contribution in [0.15, 0.2) is 28.6 Å². The molecule has 1 fully saturated rings. The first-order valence-corrected chi connectivity index (χ1v) is 19.4. The van der Waals surface area contributed by atoms with Crippen molar-refractivity contribution in [3.8, 4) is 0 Å². The highest BCUT2D eigenvalue weighted by atomic mass is 32.1. The molecule has 0 radical (unpaired) electrons. The van der Waals surface area contributed by atoms with E-state index in [0.717, 1.165) is 5.56 Å². The maximum Gasteiger partial charge on any atom is 0.323 e. The zero-order valence-corrected chi connectivity index (χ0v) is 35.8. The van der Waals surface area contributed by atoms with Crippen molar-refractivity contribution in [2.24, 2.45) is 4.36 Å². The lowest BCUT2D eigenvalue weighted by atomic mass is 10.0. The fraction of sp³-hybridized carbons (Fsp3) is 0.750. The number of carbonyl (C=O) groups is 4. The number of benzene rings is 1. The second kappa shape index (κ2) is 20.8. The normalized spacial score (nSPS) is 17.4. The molecule has 0 bridgehead atoms. The molecule has 2 rings (SSSR count). The van der Waals surface area contributed by atoms with Gasteiger partial charge in [0, 0.05) is 64.8 Å². The van der Waals surface area contributed by atoms with Crippen molar-refractivity contribution in [1.29, 1.82) is 0 Å². The van der Waals surface area contributed by atoms with Crippen LogP contribution in [0.1, 0.15) is 95.1 Å². The Bertz CT molecular complexity index is 1330. The van der Waals surface area contributed by atoms with E-state index in [1.54, 1.807) is 0 Å². The monoisotopic (exact) mass is 777 g/mol. The Labute approximate surface area is 329 Å². The van der Waals surface area contributed by atoms with Crippen molar-refractivity contribution < 1.29 is 38.1 Å². The molecule has 1 heterocycles. The SMILES string of the molecule is CC(C)(C)OC(=O)CN1CCN(CC(=O)OC(C)(C)C)CCN(C(CCc2ccc(N=S)cc2)C(=O)OC(C)(C)C)CCN(CC(=O)OC(C)(C)C)CC1. The topological polar surface area (TPSA) is 131 Å². The largest absolute Gasteiger partial charge is 0.459 e. The van der Waals surface area contributed by atoms with Crippen molar-refractivity contribution in [2.45, 2.75) is 124 Å². The molecule has 13 nitrogen and oxygen atoms in total. The Balaban J connectivity index is 2.51. The van der Waals surface area contributed by atoms with Gasteiger partial charge in [-0.05, 0) is 114 Å². The quantitative estimate of drug-likeness (QED) is 0.210. The zero-order valence-electron chi connectivity index (χ0n) is 35.0. The number of ether oxygens (including phenoxy) is 4. The van der Waals surface area contributed by atoms with E-state index in [4.69, 9.17) is 31.4 Å². The third-order valence-electron chi connectivity index (χ3n) is 8.06. The van der Waals surface area contributed by atoms with Crippen LogP contribution < -0.4 is 0 Å². The molecule has 0 aliphatic carbocycles. The second-order valence-electron chi connectivity index (χ2n) is 18.0. The molecule has 0 saturated carbocycles. The van der Waals surface area contributed by atoms with Crippen LogP contribution in [-0.2, 0) is 57.0 Å². The summed E-state index contributed by atoms with van der Waals surface area (Å²) < 4.78 is 26.9. The maximum absolute atomic E-state index is 14.0. The predicted molar refractivity (Wildman–Crippen MR) is 212 cm³/mol. The highest BCUT2D eigenvalue weighted by molar-refractivity contribution is 7.47. The number of carbonyl (C=O) groups excluding carboxylic acids is 4. The van der Waals surface area contributed by atoms with E-state index in [1.165, 1.54) is 0 Å². The van der Waals surface area contributed by atoms with Crippen LogP contribution in [0.5, 0.6) is 0 Å². The summed E-state index contributed by atoms with van der Waals surface area (Å²) in [5.74, 6) is -1.41. The second-order valence-corrected chi connectivity index (χ2v) is 18.2. The molecule has 1 aromatic rings. The number of nitrogens with zero attached hydrogens (tertiary/aromatic N) is 5. The average molecular weight is 778 g/mol. The minimum absolute atomic E-state index is 0.0352. The fourth-order valence-electron chi connectivity index (χ4n) is 5.85. The van der Waals surface area contributed by atoms with E-state index in [1.807, 2.05) is 122 Å². The van der Waals surface area contributed by atoms with Gasteiger partial charge in [-0.2, -0.15) is 4.36 Å². The number of hydrogen-bond donors (Lipinski definition) is 0. The van der Waals surface area contributed by atoms with Crippen LogP contribution in [0.3, 0.4) is 0 Å². The Hall–Kier alpha value is -3.04. The summed E-state index contributed by atoms with van der Waals surface area (Å²) in [6.07, 6.45) is 1.07. The highest BCUT2D eigenvalue weighted by Gasteiger charge is 2.32. The first-order chi connectivity index (χ1) is 24.8. The summed E-state index contributed by atoms with van der Waals surface area (Å²) in [6.45, 7) is 25.7. The van der Waals surface area contributed by atoms with Crippen LogP contribution in [0, 0.1) is 0 Å². The van der Waals surface area contributed by atoms with Gasteiger partial charge in [-0.25, -0.2) is 0 Å². The lowest BCUT2D eigenvalue weighted by molar-refractivity contribution is -0.163. The van der Waals surface area contributed by atoms with E-state index < -0.39 is 28.4 Å². The highest BCUT2D eigenvalue weighted by Crippen LogP contribution is 2.20. The van der Waals surface area contributed by atoms with Gasteiger partial charge in [-0.15, -0.1) is 0 Å². The molecule has 54 heavy (non-hydrogen) atoms. The van der Waals surface area contributed by atoms with Crippen LogP contribution in [0.4, 0.5) is 5.69 Å². The Morgan fingerprint density at radius 1 is 0.574 bits per heavy atom. The first-order valence-electron chi connectivity index (χ1n) is 19.0. The Kier molecular flexibility index (Phi) is 18.1. The number of aryl methyl sites for hydroxylation is 1. The van der Waals surface area contributed by atoms with Gasteiger partial charge < -0.3 is 18.9 Å². The van der Waals surface area contributed by atoms with Gasteiger partial charge in [0.2, 0.25) is 0 Å². The summed E-state index contributed by atoms with van der Waals surface area (Å²) in [6, 6.07) is 7.02. The minimum Gasteiger partial charge on any atom is -0.459 e. The maximum atomic E-state index is 14.0. The number of rotatable bonds is 12. The van der Waals surface area contributed by atoms with Gasteiger partial charge in [0.1, 0.15) is 28.4 Å². The molecular formula is C40H67N5O8S. The van der Waals surface area contributed by atoms with Crippen LogP contribution in [0.25, 0.3) is 0 Å². The van der Waals surface area contributed by atoms with E-state index in [2.05, 4.69) is 9.26 Å². The first kappa shape index (κ1) is 47.1. The van der Waals surface area contributed by atoms with Gasteiger partial charge in [0.15, 0.2) is 0 Å². The molecule has 0 aromatic heterocycles. The van der Waals surface area contributed by atoms with Crippen molar-refractivity contribution in [1.82, 2.24) is 19.6 Å². The lowest BCUT2D eigenvalue weighted by Crippen LogP contribution is -2.53. The van der Waals surface area contributed by atoms with Crippen LogP contribution in [-0.4, -0.2) is 144 Å². The van der Waals surface area contributed by atoms with Crippen LogP contribution >= 0.6 is 0 Å². The summed E-state index contributed by atoms with van der Waals surface area (Å²) in [5.41, 5.74) is -0.945. The summed E-state index contributed by atoms with van der Waals surface area (Å²) >= 11 is 4.84. The standard InChI is InChI=1S/C40H67N5O8S/c1-37(2,3)50-33(46)27-42-19-21-43(28-34(47)51-38(4,5)6)23-25-45(26-24-44(22-20-42)29-35(48)52-39(7,8)9)32(36(49)53-40(10,11)12)18-15-30-13-16-31(41-54)17-14-30/h13-14,16-17,32H,15,18-29H2,1-12H3. The molecule has 14 heteroatoms. The number of esters is 4. The average Bonchev–Trinajstić information content (AvgIpc) is 2.98. The van der Waals surface area contributed by atoms with Gasteiger partial charge in [0.25, 0.3) is 0 Å². The van der Waals surface area contributed by atoms with Crippen LogP contribution in [0.2, 0.25) is 0 Å².